The minimum Gasteiger partial charge on any atom is -0.496 e. The second kappa shape index (κ2) is 6.59. The maximum atomic E-state index is 13.8. The van der Waals surface area contributed by atoms with Crippen LogP contribution in [0.1, 0.15) is 11.1 Å². The molecule has 0 aliphatic carbocycles. The Labute approximate surface area is 122 Å². The molecule has 0 fully saturated rings. The van der Waals surface area contributed by atoms with Crippen molar-refractivity contribution >= 4 is 11.6 Å². The summed E-state index contributed by atoms with van der Waals surface area (Å²) in [5.41, 5.74) is 6.93. The van der Waals surface area contributed by atoms with Crippen molar-refractivity contribution in [1.29, 1.82) is 0 Å². The summed E-state index contributed by atoms with van der Waals surface area (Å²) in [7, 11) is 1.56. The van der Waals surface area contributed by atoms with Gasteiger partial charge in [-0.1, -0.05) is 23.7 Å². The molecule has 0 spiro atoms. The topological polar surface area (TPSA) is 44.5 Å². The fourth-order valence-corrected chi connectivity index (χ4v) is 2.08. The van der Waals surface area contributed by atoms with Crippen LogP contribution in [0.4, 0.5) is 4.39 Å². The average Bonchev–Trinajstić information content (AvgIpc) is 2.46. The van der Waals surface area contributed by atoms with E-state index in [-0.39, 0.29) is 18.9 Å². The van der Waals surface area contributed by atoms with Gasteiger partial charge in [0.25, 0.3) is 0 Å². The van der Waals surface area contributed by atoms with Gasteiger partial charge < -0.3 is 15.2 Å². The van der Waals surface area contributed by atoms with Gasteiger partial charge in [-0.25, -0.2) is 4.39 Å². The first kappa shape index (κ1) is 14.6. The van der Waals surface area contributed by atoms with E-state index in [9.17, 15) is 4.39 Å². The number of para-hydroxylation sites is 1. The van der Waals surface area contributed by atoms with Crippen molar-refractivity contribution in [3.05, 3.63) is 58.4 Å². The van der Waals surface area contributed by atoms with Crippen LogP contribution in [0.3, 0.4) is 0 Å². The van der Waals surface area contributed by atoms with Gasteiger partial charge in [0, 0.05) is 22.7 Å². The lowest BCUT2D eigenvalue weighted by atomic mass is 10.2. The molecule has 0 amide bonds. The third-order valence-electron chi connectivity index (χ3n) is 2.88. The second-order valence-corrected chi connectivity index (χ2v) is 4.61. The summed E-state index contributed by atoms with van der Waals surface area (Å²) in [6.07, 6.45) is 0. The van der Waals surface area contributed by atoms with Crippen molar-refractivity contribution in [3.8, 4) is 11.5 Å². The zero-order chi connectivity index (χ0) is 14.5. The van der Waals surface area contributed by atoms with Gasteiger partial charge in [-0.15, -0.1) is 0 Å². The first-order valence-corrected chi connectivity index (χ1v) is 6.46. The standard InChI is InChI=1S/C15H15ClFNO2/c1-19-14-6-5-12(16)7-11(14)9-20-15-10(8-18)3-2-4-13(15)17/h2-7H,8-9,18H2,1H3. The van der Waals surface area contributed by atoms with Crippen LogP contribution in [0.15, 0.2) is 36.4 Å². The summed E-state index contributed by atoms with van der Waals surface area (Å²) in [5, 5.41) is 0.567. The normalized spacial score (nSPS) is 10.4. The number of hydrogen-bond acceptors (Lipinski definition) is 3. The highest BCUT2D eigenvalue weighted by molar-refractivity contribution is 6.30. The van der Waals surface area contributed by atoms with Crippen LogP contribution >= 0.6 is 11.6 Å². The van der Waals surface area contributed by atoms with Gasteiger partial charge in [0.05, 0.1) is 7.11 Å². The highest BCUT2D eigenvalue weighted by atomic mass is 35.5. The molecule has 0 radical (unpaired) electrons. The number of hydrogen-bond donors (Lipinski definition) is 1. The minimum atomic E-state index is -0.436. The maximum Gasteiger partial charge on any atom is 0.165 e. The number of nitrogens with two attached hydrogens (primary N) is 1. The molecule has 0 aliphatic heterocycles. The van der Waals surface area contributed by atoms with E-state index in [1.807, 2.05) is 0 Å². The van der Waals surface area contributed by atoms with Crippen LogP contribution in [0.5, 0.6) is 11.5 Å². The molecule has 2 aromatic rings. The molecule has 0 aromatic heterocycles. The Morgan fingerprint density at radius 2 is 2.00 bits per heavy atom. The molecule has 2 aromatic carbocycles. The summed E-state index contributed by atoms with van der Waals surface area (Å²) >= 11 is 5.94. The predicted molar refractivity (Wildman–Crippen MR) is 76.6 cm³/mol. The quantitative estimate of drug-likeness (QED) is 0.918. The Morgan fingerprint density at radius 3 is 2.70 bits per heavy atom. The Morgan fingerprint density at radius 1 is 1.20 bits per heavy atom. The van der Waals surface area contributed by atoms with E-state index in [2.05, 4.69) is 0 Å². The van der Waals surface area contributed by atoms with Gasteiger partial charge in [0.2, 0.25) is 0 Å². The van der Waals surface area contributed by atoms with Gasteiger partial charge in [-0.2, -0.15) is 0 Å². The minimum absolute atomic E-state index is 0.150. The number of methoxy groups -OCH3 is 1. The highest BCUT2D eigenvalue weighted by Gasteiger charge is 2.11. The molecule has 0 aliphatic rings. The predicted octanol–water partition coefficient (Wildman–Crippen LogP) is 3.53. The van der Waals surface area contributed by atoms with E-state index < -0.39 is 5.82 Å². The first-order chi connectivity index (χ1) is 9.65. The molecule has 0 unspecified atom stereocenters. The highest BCUT2D eigenvalue weighted by Crippen LogP contribution is 2.27. The van der Waals surface area contributed by atoms with Gasteiger partial charge in [-0.05, 0) is 24.3 Å². The summed E-state index contributed by atoms with van der Waals surface area (Å²) < 4.78 is 24.5. The monoisotopic (exact) mass is 295 g/mol. The molecule has 0 heterocycles. The summed E-state index contributed by atoms with van der Waals surface area (Å²) in [4.78, 5) is 0. The molecular formula is C15H15ClFNO2. The molecule has 106 valence electrons. The third-order valence-corrected chi connectivity index (χ3v) is 3.12. The smallest absolute Gasteiger partial charge is 0.165 e. The van der Waals surface area contributed by atoms with Crippen LogP contribution in [0.2, 0.25) is 5.02 Å². The van der Waals surface area contributed by atoms with Crippen LogP contribution in [-0.2, 0) is 13.2 Å². The van der Waals surface area contributed by atoms with Crippen LogP contribution in [0.25, 0.3) is 0 Å². The van der Waals surface area contributed by atoms with E-state index in [1.54, 1.807) is 37.4 Å². The molecule has 2 N–H and O–H groups in total. The number of benzene rings is 2. The molecule has 3 nitrogen and oxygen atoms in total. The Hall–Kier alpha value is -1.78. The SMILES string of the molecule is COc1ccc(Cl)cc1COc1c(F)cccc1CN. The van der Waals surface area contributed by atoms with Crippen molar-refractivity contribution in [2.75, 3.05) is 7.11 Å². The summed E-state index contributed by atoms with van der Waals surface area (Å²) in [6.45, 7) is 0.359. The molecule has 0 bridgehead atoms. The van der Waals surface area contributed by atoms with E-state index in [4.69, 9.17) is 26.8 Å². The molecular weight excluding hydrogens is 281 g/mol. The van der Waals surface area contributed by atoms with Gasteiger partial charge in [0.1, 0.15) is 12.4 Å². The van der Waals surface area contributed by atoms with Crippen LogP contribution < -0.4 is 15.2 Å². The lowest BCUT2D eigenvalue weighted by molar-refractivity contribution is 0.279. The number of ether oxygens (including phenoxy) is 2. The zero-order valence-corrected chi connectivity index (χ0v) is 11.8. The molecule has 0 saturated heterocycles. The Balaban J connectivity index is 2.23. The van der Waals surface area contributed by atoms with E-state index in [0.29, 0.717) is 16.3 Å². The Kier molecular flexibility index (Phi) is 4.82. The number of rotatable bonds is 5. The molecule has 5 heteroatoms. The van der Waals surface area contributed by atoms with E-state index in [0.717, 1.165) is 5.56 Å². The lowest BCUT2D eigenvalue weighted by Gasteiger charge is -2.13. The largest absolute Gasteiger partial charge is 0.496 e. The summed E-state index contributed by atoms with van der Waals surface area (Å²) in [6, 6.07) is 9.86. The lowest BCUT2D eigenvalue weighted by Crippen LogP contribution is -2.05. The zero-order valence-electron chi connectivity index (χ0n) is 11.0. The molecule has 20 heavy (non-hydrogen) atoms. The van der Waals surface area contributed by atoms with Crippen LogP contribution in [0, 0.1) is 5.82 Å². The van der Waals surface area contributed by atoms with Crippen molar-refractivity contribution in [1.82, 2.24) is 0 Å². The number of halogens is 2. The fraction of sp³-hybridized carbons (Fsp3) is 0.200. The average molecular weight is 296 g/mol. The van der Waals surface area contributed by atoms with E-state index in [1.165, 1.54) is 6.07 Å². The molecule has 2 rings (SSSR count). The van der Waals surface area contributed by atoms with E-state index >= 15 is 0 Å². The molecule has 0 atom stereocenters. The maximum absolute atomic E-state index is 13.8. The van der Waals surface area contributed by atoms with Crippen molar-refractivity contribution in [2.45, 2.75) is 13.2 Å². The van der Waals surface area contributed by atoms with Crippen molar-refractivity contribution < 1.29 is 13.9 Å². The van der Waals surface area contributed by atoms with Gasteiger partial charge in [-0.3, -0.25) is 0 Å². The van der Waals surface area contributed by atoms with Gasteiger partial charge in [0.15, 0.2) is 11.6 Å². The molecule has 0 saturated carbocycles. The fourth-order valence-electron chi connectivity index (χ4n) is 1.89. The third kappa shape index (κ3) is 3.21. The van der Waals surface area contributed by atoms with Gasteiger partial charge >= 0.3 is 0 Å². The summed E-state index contributed by atoms with van der Waals surface area (Å²) in [5.74, 6) is 0.367. The van der Waals surface area contributed by atoms with Crippen molar-refractivity contribution in [2.24, 2.45) is 5.73 Å². The van der Waals surface area contributed by atoms with Crippen molar-refractivity contribution in [3.63, 3.8) is 0 Å². The first-order valence-electron chi connectivity index (χ1n) is 6.08. The van der Waals surface area contributed by atoms with Crippen LogP contribution in [-0.4, -0.2) is 7.11 Å². The Bertz CT molecular complexity index is 604. The second-order valence-electron chi connectivity index (χ2n) is 4.18.